The third kappa shape index (κ3) is 5.58. The van der Waals surface area contributed by atoms with Gasteiger partial charge in [-0.05, 0) is 46.0 Å². The van der Waals surface area contributed by atoms with E-state index in [1.54, 1.807) is 13.8 Å². The summed E-state index contributed by atoms with van der Waals surface area (Å²) >= 11 is 0. The molecule has 0 spiro atoms. The van der Waals surface area contributed by atoms with Gasteiger partial charge < -0.3 is 14.6 Å². The predicted octanol–water partition coefficient (Wildman–Crippen LogP) is 2.55. The molecule has 1 saturated heterocycles. The number of carbonyl (C=O) groups excluding carboxylic acids is 1. The van der Waals surface area contributed by atoms with Gasteiger partial charge in [-0.3, -0.25) is 4.79 Å². The van der Waals surface area contributed by atoms with E-state index >= 15 is 0 Å². The average molecular weight is 428 g/mol. The van der Waals surface area contributed by atoms with E-state index in [9.17, 15) is 13.2 Å². The summed E-state index contributed by atoms with van der Waals surface area (Å²) in [5.41, 5.74) is 0.354. The van der Waals surface area contributed by atoms with Crippen molar-refractivity contribution in [2.45, 2.75) is 76.2 Å². The SMILES string of the molecule is Cc1noc(C)c1S(=O)(=O)N1CCCC(C(=O)NCCCOC2CCCCC2)C1. The van der Waals surface area contributed by atoms with E-state index in [-0.39, 0.29) is 29.0 Å². The third-order valence-corrected chi connectivity index (χ3v) is 7.96. The maximum absolute atomic E-state index is 13.0. The number of nitrogens with one attached hydrogen (secondary N) is 1. The van der Waals surface area contributed by atoms with Crippen LogP contribution >= 0.6 is 0 Å². The maximum Gasteiger partial charge on any atom is 0.248 e. The van der Waals surface area contributed by atoms with Crippen LogP contribution in [0.25, 0.3) is 0 Å². The topological polar surface area (TPSA) is 102 Å². The molecule has 2 heterocycles. The van der Waals surface area contributed by atoms with Gasteiger partial charge >= 0.3 is 0 Å². The number of aromatic nitrogens is 1. The van der Waals surface area contributed by atoms with E-state index < -0.39 is 10.0 Å². The number of ether oxygens (including phenoxy) is 1. The molecule has 0 aromatic carbocycles. The van der Waals surface area contributed by atoms with Crippen molar-refractivity contribution in [3.63, 3.8) is 0 Å². The normalized spacial score (nSPS) is 21.9. The van der Waals surface area contributed by atoms with Crippen LogP contribution < -0.4 is 5.32 Å². The fraction of sp³-hybridized carbons (Fsp3) is 0.800. The van der Waals surface area contributed by atoms with E-state index in [1.165, 1.54) is 23.6 Å². The molecule has 1 unspecified atom stereocenters. The first-order chi connectivity index (χ1) is 13.9. The highest BCUT2D eigenvalue weighted by molar-refractivity contribution is 7.89. The zero-order valence-electron chi connectivity index (χ0n) is 17.5. The van der Waals surface area contributed by atoms with Crippen LogP contribution in [0.1, 0.15) is 62.8 Å². The highest BCUT2D eigenvalue weighted by Gasteiger charge is 2.36. The quantitative estimate of drug-likeness (QED) is 0.640. The molecule has 1 amide bonds. The molecule has 1 N–H and O–H groups in total. The molecule has 29 heavy (non-hydrogen) atoms. The molecule has 1 aromatic heterocycles. The number of hydrogen-bond acceptors (Lipinski definition) is 6. The number of rotatable bonds is 8. The van der Waals surface area contributed by atoms with Crippen LogP contribution in [0.5, 0.6) is 0 Å². The number of amides is 1. The number of aryl methyl sites for hydroxylation is 2. The van der Waals surface area contributed by atoms with E-state index in [0.717, 1.165) is 19.3 Å². The van der Waals surface area contributed by atoms with Crippen molar-refractivity contribution in [2.24, 2.45) is 5.92 Å². The minimum Gasteiger partial charge on any atom is -0.378 e. The van der Waals surface area contributed by atoms with Gasteiger partial charge in [0, 0.05) is 26.2 Å². The van der Waals surface area contributed by atoms with Crippen molar-refractivity contribution in [1.29, 1.82) is 0 Å². The van der Waals surface area contributed by atoms with Gasteiger partial charge in [0.25, 0.3) is 0 Å². The number of hydrogen-bond donors (Lipinski definition) is 1. The van der Waals surface area contributed by atoms with Gasteiger partial charge in [-0.2, -0.15) is 4.31 Å². The second-order valence-corrected chi connectivity index (χ2v) is 10.0. The summed E-state index contributed by atoms with van der Waals surface area (Å²) in [6.07, 6.45) is 8.58. The van der Waals surface area contributed by atoms with Crippen molar-refractivity contribution >= 4 is 15.9 Å². The Morgan fingerprint density at radius 1 is 1.21 bits per heavy atom. The molecular weight excluding hydrogens is 394 g/mol. The zero-order chi connectivity index (χ0) is 20.9. The van der Waals surface area contributed by atoms with Gasteiger partial charge in [0.1, 0.15) is 10.6 Å². The third-order valence-electron chi connectivity index (χ3n) is 5.85. The fourth-order valence-corrected chi connectivity index (χ4v) is 6.07. The van der Waals surface area contributed by atoms with E-state index in [4.69, 9.17) is 9.26 Å². The molecule has 8 nitrogen and oxygen atoms in total. The van der Waals surface area contributed by atoms with Crippen molar-refractivity contribution < 1.29 is 22.5 Å². The molecule has 0 radical (unpaired) electrons. The Hall–Kier alpha value is -1.45. The van der Waals surface area contributed by atoms with Gasteiger partial charge in [0.2, 0.25) is 15.9 Å². The van der Waals surface area contributed by atoms with Crippen LogP contribution in [0.4, 0.5) is 0 Å². The van der Waals surface area contributed by atoms with E-state index in [2.05, 4.69) is 10.5 Å². The average Bonchev–Trinajstić information content (AvgIpc) is 3.07. The maximum atomic E-state index is 13.0. The summed E-state index contributed by atoms with van der Waals surface area (Å²) in [4.78, 5) is 12.7. The van der Waals surface area contributed by atoms with Crippen LogP contribution in [0, 0.1) is 19.8 Å². The summed E-state index contributed by atoms with van der Waals surface area (Å²) in [7, 11) is -3.71. The molecular formula is C20H33N3O5S. The first kappa shape index (κ1) is 22.2. The number of piperidine rings is 1. The second-order valence-electron chi connectivity index (χ2n) is 8.13. The second kappa shape index (κ2) is 10.0. The summed E-state index contributed by atoms with van der Waals surface area (Å²) in [5, 5.41) is 6.70. The lowest BCUT2D eigenvalue weighted by Gasteiger charge is -2.31. The van der Waals surface area contributed by atoms with Crippen molar-refractivity contribution in [3.8, 4) is 0 Å². The lowest BCUT2D eigenvalue weighted by molar-refractivity contribution is -0.126. The Kier molecular flexibility index (Phi) is 7.70. The molecule has 2 fully saturated rings. The molecule has 3 rings (SSSR count). The van der Waals surface area contributed by atoms with Crippen LogP contribution in [-0.4, -0.2) is 56.1 Å². The Balaban J connectivity index is 1.45. The molecule has 1 atom stereocenters. The lowest BCUT2D eigenvalue weighted by Crippen LogP contribution is -2.45. The molecule has 9 heteroatoms. The van der Waals surface area contributed by atoms with E-state index in [1.807, 2.05) is 0 Å². The van der Waals surface area contributed by atoms with Crippen molar-refractivity contribution in [1.82, 2.24) is 14.8 Å². The number of nitrogens with zero attached hydrogens (tertiary/aromatic N) is 2. The van der Waals surface area contributed by atoms with Crippen LogP contribution in [-0.2, 0) is 19.6 Å². The van der Waals surface area contributed by atoms with E-state index in [0.29, 0.717) is 44.3 Å². The first-order valence-electron chi connectivity index (χ1n) is 10.7. The summed E-state index contributed by atoms with van der Waals surface area (Å²) in [6.45, 7) is 5.02. The Bertz CT molecular complexity index is 767. The molecule has 1 aromatic rings. The molecule has 1 saturated carbocycles. The molecule has 1 aliphatic carbocycles. The number of carbonyl (C=O) groups is 1. The summed E-state index contributed by atoms with van der Waals surface area (Å²) in [5.74, 6) is -0.133. The molecule has 2 aliphatic rings. The summed E-state index contributed by atoms with van der Waals surface area (Å²) < 4.78 is 38.3. The molecule has 164 valence electrons. The highest BCUT2D eigenvalue weighted by atomic mass is 32.2. The van der Waals surface area contributed by atoms with Crippen molar-refractivity contribution in [2.75, 3.05) is 26.2 Å². The van der Waals surface area contributed by atoms with Crippen LogP contribution in [0.2, 0.25) is 0 Å². The predicted molar refractivity (Wildman–Crippen MR) is 108 cm³/mol. The molecule has 1 aliphatic heterocycles. The van der Waals surface area contributed by atoms with Gasteiger partial charge in [0.15, 0.2) is 5.76 Å². The van der Waals surface area contributed by atoms with Gasteiger partial charge in [0.05, 0.1) is 12.0 Å². The number of sulfonamides is 1. The lowest BCUT2D eigenvalue weighted by atomic mass is 9.98. The van der Waals surface area contributed by atoms with Crippen molar-refractivity contribution in [3.05, 3.63) is 11.5 Å². The van der Waals surface area contributed by atoms with Crippen LogP contribution in [0.3, 0.4) is 0 Å². The standard InChI is InChI=1S/C20H33N3O5S/c1-15-19(16(2)28-22-15)29(25,26)23-12-6-8-17(14-23)20(24)21-11-7-13-27-18-9-4-3-5-10-18/h17-18H,3-14H2,1-2H3,(H,21,24). The molecule has 0 bridgehead atoms. The monoisotopic (exact) mass is 427 g/mol. The smallest absolute Gasteiger partial charge is 0.248 e. The largest absolute Gasteiger partial charge is 0.378 e. The Morgan fingerprint density at radius 2 is 1.97 bits per heavy atom. The van der Waals surface area contributed by atoms with Gasteiger partial charge in [-0.1, -0.05) is 24.4 Å². The Morgan fingerprint density at radius 3 is 2.66 bits per heavy atom. The fourth-order valence-electron chi connectivity index (χ4n) is 4.26. The van der Waals surface area contributed by atoms with Gasteiger partial charge in [-0.25, -0.2) is 8.42 Å². The zero-order valence-corrected chi connectivity index (χ0v) is 18.3. The first-order valence-corrected chi connectivity index (χ1v) is 12.2. The van der Waals surface area contributed by atoms with Crippen LogP contribution in [0.15, 0.2) is 9.42 Å². The minimum atomic E-state index is -3.71. The van der Waals surface area contributed by atoms with Gasteiger partial charge in [-0.15, -0.1) is 0 Å². The highest BCUT2D eigenvalue weighted by Crippen LogP contribution is 2.27. The Labute approximate surface area is 173 Å². The minimum absolute atomic E-state index is 0.0821. The summed E-state index contributed by atoms with van der Waals surface area (Å²) in [6, 6.07) is 0.